The van der Waals surface area contributed by atoms with Crippen molar-refractivity contribution in [1.82, 2.24) is 4.90 Å². The molecule has 0 saturated carbocycles. The molecule has 0 aliphatic carbocycles. The Kier molecular flexibility index (Phi) is 5.54. The molecule has 1 unspecified atom stereocenters. The highest BCUT2D eigenvalue weighted by atomic mass is 32.1. The van der Waals surface area contributed by atoms with Gasteiger partial charge in [-0.25, -0.2) is 0 Å². The Morgan fingerprint density at radius 2 is 2.13 bits per heavy atom. The van der Waals surface area contributed by atoms with Crippen LogP contribution < -0.4 is 5.73 Å². The highest BCUT2D eigenvalue weighted by molar-refractivity contribution is 7.80. The van der Waals surface area contributed by atoms with Gasteiger partial charge in [-0.2, -0.15) is 0 Å². The zero-order valence-corrected chi connectivity index (χ0v) is 10.9. The van der Waals surface area contributed by atoms with Crippen molar-refractivity contribution in [1.29, 1.82) is 0 Å². The molecule has 88 valence electrons. The van der Waals surface area contributed by atoms with Gasteiger partial charge >= 0.3 is 0 Å². The lowest BCUT2D eigenvalue weighted by atomic mass is 9.95. The van der Waals surface area contributed by atoms with E-state index in [-0.39, 0.29) is 0 Å². The van der Waals surface area contributed by atoms with Crippen LogP contribution in [0.4, 0.5) is 0 Å². The molecule has 1 aliphatic heterocycles. The second-order valence-electron chi connectivity index (χ2n) is 4.68. The SMILES string of the molecule is CCC(CC)CN1CCCC(C(N)=S)C1. The van der Waals surface area contributed by atoms with Crippen LogP contribution in [0.3, 0.4) is 0 Å². The maximum atomic E-state index is 5.73. The summed E-state index contributed by atoms with van der Waals surface area (Å²) in [6.07, 6.45) is 5.01. The molecule has 0 aromatic rings. The van der Waals surface area contributed by atoms with Crippen LogP contribution in [0.15, 0.2) is 0 Å². The third-order valence-corrected chi connectivity index (χ3v) is 3.91. The van der Waals surface area contributed by atoms with Gasteiger partial charge in [-0.05, 0) is 25.3 Å². The maximum absolute atomic E-state index is 5.73. The summed E-state index contributed by atoms with van der Waals surface area (Å²) < 4.78 is 0. The number of likely N-dealkylation sites (tertiary alicyclic amines) is 1. The van der Waals surface area contributed by atoms with E-state index in [1.807, 2.05) is 0 Å². The molecule has 0 aromatic heterocycles. The molecule has 1 atom stereocenters. The topological polar surface area (TPSA) is 29.3 Å². The van der Waals surface area contributed by atoms with E-state index in [4.69, 9.17) is 18.0 Å². The van der Waals surface area contributed by atoms with Gasteiger partial charge in [-0.15, -0.1) is 0 Å². The molecular weight excluding hydrogens is 204 g/mol. The molecule has 0 amide bonds. The first kappa shape index (κ1) is 12.9. The summed E-state index contributed by atoms with van der Waals surface area (Å²) >= 11 is 5.09. The Morgan fingerprint density at radius 3 is 2.67 bits per heavy atom. The lowest BCUT2D eigenvalue weighted by Crippen LogP contribution is -2.42. The summed E-state index contributed by atoms with van der Waals surface area (Å²) in [6.45, 7) is 8.11. The van der Waals surface area contributed by atoms with Gasteiger partial charge in [0, 0.05) is 19.0 Å². The van der Waals surface area contributed by atoms with E-state index < -0.39 is 0 Å². The number of thiocarbonyl (C=S) groups is 1. The molecule has 0 bridgehead atoms. The Morgan fingerprint density at radius 1 is 1.47 bits per heavy atom. The predicted molar refractivity (Wildman–Crippen MR) is 70.0 cm³/mol. The Bertz CT molecular complexity index is 202. The maximum Gasteiger partial charge on any atom is 0.0771 e. The fourth-order valence-electron chi connectivity index (χ4n) is 2.37. The van der Waals surface area contributed by atoms with Crippen molar-refractivity contribution in [3.8, 4) is 0 Å². The first-order valence-electron chi connectivity index (χ1n) is 6.19. The predicted octanol–water partition coefficient (Wildman–Crippen LogP) is 2.42. The van der Waals surface area contributed by atoms with E-state index in [1.165, 1.54) is 38.8 Å². The molecule has 0 radical (unpaired) electrons. The third-order valence-electron chi connectivity index (χ3n) is 3.58. The lowest BCUT2D eigenvalue weighted by Gasteiger charge is -2.34. The molecule has 2 nitrogen and oxygen atoms in total. The molecule has 1 saturated heterocycles. The highest BCUT2D eigenvalue weighted by Gasteiger charge is 2.22. The van der Waals surface area contributed by atoms with Crippen LogP contribution in [0.2, 0.25) is 0 Å². The number of nitrogens with two attached hydrogens (primary N) is 1. The largest absolute Gasteiger partial charge is 0.393 e. The molecule has 3 heteroatoms. The van der Waals surface area contributed by atoms with Crippen molar-refractivity contribution >= 4 is 17.2 Å². The minimum absolute atomic E-state index is 0.461. The van der Waals surface area contributed by atoms with E-state index >= 15 is 0 Å². The highest BCUT2D eigenvalue weighted by Crippen LogP contribution is 2.19. The van der Waals surface area contributed by atoms with Crippen molar-refractivity contribution in [3.05, 3.63) is 0 Å². The molecule has 1 fully saturated rings. The van der Waals surface area contributed by atoms with E-state index in [9.17, 15) is 0 Å². The summed E-state index contributed by atoms with van der Waals surface area (Å²) in [5.41, 5.74) is 5.73. The molecular formula is C12H24N2S. The minimum atomic E-state index is 0.461. The van der Waals surface area contributed by atoms with Crippen molar-refractivity contribution < 1.29 is 0 Å². The van der Waals surface area contributed by atoms with Gasteiger partial charge in [-0.3, -0.25) is 0 Å². The Hall–Kier alpha value is -0.150. The fraction of sp³-hybridized carbons (Fsp3) is 0.917. The summed E-state index contributed by atoms with van der Waals surface area (Å²) in [5.74, 6) is 1.30. The summed E-state index contributed by atoms with van der Waals surface area (Å²) in [4.78, 5) is 3.26. The van der Waals surface area contributed by atoms with Gasteiger partial charge in [0.2, 0.25) is 0 Å². The lowest BCUT2D eigenvalue weighted by molar-refractivity contribution is 0.172. The standard InChI is InChI=1S/C12H24N2S/c1-3-10(4-2)8-14-7-5-6-11(9-14)12(13)15/h10-11H,3-9H2,1-2H3,(H2,13,15). The molecule has 1 rings (SSSR count). The zero-order chi connectivity index (χ0) is 11.3. The zero-order valence-electron chi connectivity index (χ0n) is 10.0. The molecule has 0 aromatic carbocycles. The number of nitrogens with zero attached hydrogens (tertiary/aromatic N) is 1. The van der Waals surface area contributed by atoms with Gasteiger partial charge in [0.05, 0.1) is 4.99 Å². The van der Waals surface area contributed by atoms with Gasteiger partial charge in [0.25, 0.3) is 0 Å². The first-order valence-corrected chi connectivity index (χ1v) is 6.59. The monoisotopic (exact) mass is 228 g/mol. The molecule has 1 heterocycles. The number of hydrogen-bond acceptors (Lipinski definition) is 2. The van der Waals surface area contributed by atoms with Crippen LogP contribution in [-0.4, -0.2) is 29.5 Å². The van der Waals surface area contributed by atoms with Crippen molar-refractivity contribution in [2.24, 2.45) is 17.6 Å². The van der Waals surface area contributed by atoms with Gasteiger partial charge in [-0.1, -0.05) is 38.9 Å². The van der Waals surface area contributed by atoms with Crippen LogP contribution in [0, 0.1) is 11.8 Å². The van der Waals surface area contributed by atoms with Crippen LogP contribution in [0.1, 0.15) is 39.5 Å². The number of hydrogen-bond donors (Lipinski definition) is 1. The minimum Gasteiger partial charge on any atom is -0.393 e. The van der Waals surface area contributed by atoms with Crippen LogP contribution in [-0.2, 0) is 0 Å². The van der Waals surface area contributed by atoms with E-state index in [0.29, 0.717) is 10.9 Å². The van der Waals surface area contributed by atoms with Gasteiger partial charge in [0.15, 0.2) is 0 Å². The normalized spacial score (nSPS) is 23.3. The fourth-order valence-corrected chi connectivity index (χ4v) is 2.56. The van der Waals surface area contributed by atoms with Crippen molar-refractivity contribution in [2.45, 2.75) is 39.5 Å². The average molecular weight is 228 g/mol. The van der Waals surface area contributed by atoms with Crippen molar-refractivity contribution in [2.75, 3.05) is 19.6 Å². The van der Waals surface area contributed by atoms with Crippen LogP contribution in [0.5, 0.6) is 0 Å². The van der Waals surface area contributed by atoms with Crippen LogP contribution in [0.25, 0.3) is 0 Å². The van der Waals surface area contributed by atoms with Gasteiger partial charge in [0.1, 0.15) is 0 Å². The average Bonchev–Trinajstić information content (AvgIpc) is 2.26. The molecule has 0 spiro atoms. The molecule has 1 aliphatic rings. The second-order valence-corrected chi connectivity index (χ2v) is 5.16. The van der Waals surface area contributed by atoms with Crippen molar-refractivity contribution in [3.63, 3.8) is 0 Å². The number of piperidine rings is 1. The summed E-state index contributed by atoms with van der Waals surface area (Å²) in [5, 5.41) is 0. The molecule has 2 N–H and O–H groups in total. The summed E-state index contributed by atoms with van der Waals surface area (Å²) in [6, 6.07) is 0. The second kappa shape index (κ2) is 6.44. The Labute approximate surface area is 99.2 Å². The third kappa shape index (κ3) is 4.07. The summed E-state index contributed by atoms with van der Waals surface area (Å²) in [7, 11) is 0. The van der Waals surface area contributed by atoms with Crippen LogP contribution >= 0.6 is 12.2 Å². The quantitative estimate of drug-likeness (QED) is 0.733. The van der Waals surface area contributed by atoms with E-state index in [1.54, 1.807) is 0 Å². The Balaban J connectivity index is 2.38. The smallest absolute Gasteiger partial charge is 0.0771 e. The van der Waals surface area contributed by atoms with E-state index in [0.717, 1.165) is 12.5 Å². The van der Waals surface area contributed by atoms with E-state index in [2.05, 4.69) is 18.7 Å². The first-order chi connectivity index (χ1) is 7.17. The molecule has 15 heavy (non-hydrogen) atoms. The number of rotatable bonds is 5. The van der Waals surface area contributed by atoms with Gasteiger partial charge < -0.3 is 10.6 Å².